The van der Waals surface area contributed by atoms with Crippen LogP contribution in [0.2, 0.25) is 0 Å². The van der Waals surface area contributed by atoms with Crippen molar-refractivity contribution in [2.45, 2.75) is 44.0 Å². The first-order valence-electron chi connectivity index (χ1n) is 8.70. The Morgan fingerprint density at radius 3 is 2.07 bits per heavy atom. The van der Waals surface area contributed by atoms with Crippen molar-refractivity contribution >= 4 is 29.7 Å². The van der Waals surface area contributed by atoms with E-state index in [4.69, 9.17) is 22.3 Å². The highest BCUT2D eigenvalue weighted by Gasteiger charge is 2.30. The molecule has 0 saturated carbocycles. The average molecular weight is 419 g/mol. The first kappa shape index (κ1) is 26.0. The molecule has 14 nitrogen and oxygen atoms in total. The number of aliphatic hydroxyl groups is 2. The zero-order chi connectivity index (χ0) is 22.6. The summed E-state index contributed by atoms with van der Waals surface area (Å²) in [6, 6.07) is -4.22. The van der Waals surface area contributed by atoms with Gasteiger partial charge in [-0.05, 0) is 19.8 Å². The predicted octanol–water partition coefficient (Wildman–Crippen LogP) is -5.09. The van der Waals surface area contributed by atoms with Gasteiger partial charge in [-0.25, -0.2) is 4.79 Å². The number of nitrogens with one attached hydrogen (secondary N) is 3. The molecule has 0 aromatic rings. The molecule has 29 heavy (non-hydrogen) atoms. The van der Waals surface area contributed by atoms with Gasteiger partial charge < -0.3 is 48.5 Å². The van der Waals surface area contributed by atoms with E-state index in [0.717, 1.165) is 0 Å². The number of nitrogens with zero attached hydrogens (tertiary/aromatic N) is 1. The molecule has 0 aliphatic heterocycles. The second-order valence-electron chi connectivity index (χ2n) is 6.08. The van der Waals surface area contributed by atoms with Gasteiger partial charge in [0.1, 0.15) is 12.1 Å². The van der Waals surface area contributed by atoms with E-state index in [1.807, 2.05) is 0 Å². The number of guanidine groups is 1. The van der Waals surface area contributed by atoms with Gasteiger partial charge in [0.15, 0.2) is 12.0 Å². The minimum absolute atomic E-state index is 0.00346. The molecule has 3 amide bonds. The quantitative estimate of drug-likeness (QED) is 0.0779. The summed E-state index contributed by atoms with van der Waals surface area (Å²) >= 11 is 0. The molecule has 166 valence electrons. The van der Waals surface area contributed by atoms with Gasteiger partial charge in [0.05, 0.1) is 19.3 Å². The Labute approximate surface area is 166 Å². The summed E-state index contributed by atoms with van der Waals surface area (Å²) in [7, 11) is 0. The fraction of sp³-hybridized carbons (Fsp3) is 0.667. The van der Waals surface area contributed by atoms with Crippen molar-refractivity contribution < 1.29 is 34.5 Å². The van der Waals surface area contributed by atoms with Gasteiger partial charge >= 0.3 is 5.97 Å². The second kappa shape index (κ2) is 13.2. The SMILES string of the molecule is CC(O)C(NC(=O)C(CCCN=C(N)N)NC(=O)C(CO)NC(=O)CN)C(=O)O. The third kappa shape index (κ3) is 10.2. The number of carbonyl (C=O) groups is 4. The number of aliphatic hydroxyl groups excluding tert-OH is 2. The summed E-state index contributed by atoms with van der Waals surface area (Å²) in [6.07, 6.45) is -1.16. The zero-order valence-corrected chi connectivity index (χ0v) is 16.0. The molecule has 0 aliphatic carbocycles. The van der Waals surface area contributed by atoms with Crippen LogP contribution >= 0.6 is 0 Å². The molecule has 0 aromatic carbocycles. The van der Waals surface area contributed by atoms with E-state index in [1.54, 1.807) is 0 Å². The standard InChI is InChI=1S/C15H29N7O7/c1-7(24)11(14(28)29)22-12(26)8(3-2-4-19-15(17)18)21-13(27)9(6-23)20-10(25)5-16/h7-9,11,23-24H,2-6,16H2,1H3,(H,20,25)(H,21,27)(H,22,26)(H,28,29)(H4,17,18,19). The number of aliphatic carboxylic acids is 1. The van der Waals surface area contributed by atoms with E-state index in [-0.39, 0.29) is 25.3 Å². The molecule has 0 fully saturated rings. The van der Waals surface area contributed by atoms with Crippen molar-refractivity contribution in [3.63, 3.8) is 0 Å². The highest BCUT2D eigenvalue weighted by atomic mass is 16.4. The maximum atomic E-state index is 12.5. The largest absolute Gasteiger partial charge is 0.480 e. The lowest BCUT2D eigenvalue weighted by atomic mass is 10.1. The Kier molecular flexibility index (Phi) is 11.9. The van der Waals surface area contributed by atoms with E-state index < -0.39 is 61.1 Å². The number of carboxylic acids is 1. The minimum Gasteiger partial charge on any atom is -0.480 e. The molecule has 0 rings (SSSR count). The molecule has 12 N–H and O–H groups in total. The monoisotopic (exact) mass is 419 g/mol. The number of aliphatic imine (C=N–C) groups is 1. The number of carboxylic acid groups (broad SMARTS) is 1. The molecule has 14 heteroatoms. The van der Waals surface area contributed by atoms with Gasteiger partial charge in [-0.1, -0.05) is 0 Å². The number of hydrogen-bond acceptors (Lipinski definition) is 8. The van der Waals surface area contributed by atoms with Crippen molar-refractivity contribution in [1.29, 1.82) is 0 Å². The molecule has 0 aliphatic rings. The van der Waals surface area contributed by atoms with E-state index in [2.05, 4.69) is 20.9 Å². The van der Waals surface area contributed by atoms with E-state index in [9.17, 15) is 29.4 Å². The lowest BCUT2D eigenvalue weighted by Gasteiger charge is -2.24. The maximum Gasteiger partial charge on any atom is 0.328 e. The van der Waals surface area contributed by atoms with E-state index in [1.165, 1.54) is 6.92 Å². The van der Waals surface area contributed by atoms with Crippen LogP contribution in [-0.4, -0.2) is 88.9 Å². The van der Waals surface area contributed by atoms with Crippen LogP contribution in [0.1, 0.15) is 19.8 Å². The number of rotatable bonds is 13. The van der Waals surface area contributed by atoms with Crippen molar-refractivity contribution in [2.75, 3.05) is 19.7 Å². The van der Waals surface area contributed by atoms with Gasteiger partial charge in [-0.2, -0.15) is 0 Å². The Morgan fingerprint density at radius 2 is 1.62 bits per heavy atom. The Hall–Kier alpha value is -2.97. The van der Waals surface area contributed by atoms with Crippen molar-refractivity contribution in [1.82, 2.24) is 16.0 Å². The maximum absolute atomic E-state index is 12.5. The molecule has 0 spiro atoms. The molecular formula is C15H29N7O7. The van der Waals surface area contributed by atoms with Gasteiger partial charge in [-0.15, -0.1) is 0 Å². The van der Waals surface area contributed by atoms with Crippen LogP contribution in [0.5, 0.6) is 0 Å². The second-order valence-corrected chi connectivity index (χ2v) is 6.08. The number of amides is 3. The Morgan fingerprint density at radius 1 is 1.03 bits per heavy atom. The van der Waals surface area contributed by atoms with Crippen LogP contribution in [0.4, 0.5) is 0 Å². The van der Waals surface area contributed by atoms with Crippen molar-refractivity contribution in [3.05, 3.63) is 0 Å². The third-order valence-electron chi connectivity index (χ3n) is 3.64. The molecule has 4 unspecified atom stereocenters. The van der Waals surface area contributed by atoms with Crippen LogP contribution < -0.4 is 33.2 Å². The lowest BCUT2D eigenvalue weighted by molar-refractivity contribution is -0.145. The first-order valence-corrected chi connectivity index (χ1v) is 8.70. The minimum atomic E-state index is -1.61. The van der Waals surface area contributed by atoms with E-state index in [0.29, 0.717) is 0 Å². The predicted molar refractivity (Wildman–Crippen MR) is 101 cm³/mol. The fourth-order valence-electron chi connectivity index (χ4n) is 2.13. The summed E-state index contributed by atoms with van der Waals surface area (Å²) in [5.41, 5.74) is 15.6. The summed E-state index contributed by atoms with van der Waals surface area (Å²) in [5.74, 6) is -4.12. The van der Waals surface area contributed by atoms with Gasteiger partial charge in [0.25, 0.3) is 0 Å². The summed E-state index contributed by atoms with van der Waals surface area (Å²) < 4.78 is 0. The topological polar surface area (TPSA) is 255 Å². The highest BCUT2D eigenvalue weighted by Crippen LogP contribution is 2.02. The lowest BCUT2D eigenvalue weighted by Crippen LogP contribution is -2.58. The zero-order valence-electron chi connectivity index (χ0n) is 16.0. The smallest absolute Gasteiger partial charge is 0.328 e. The van der Waals surface area contributed by atoms with Crippen LogP contribution in [0.25, 0.3) is 0 Å². The molecule has 0 radical (unpaired) electrons. The summed E-state index contributed by atoms with van der Waals surface area (Å²) in [6.45, 7) is 0.135. The van der Waals surface area contributed by atoms with Crippen LogP contribution in [0.3, 0.4) is 0 Å². The van der Waals surface area contributed by atoms with Gasteiger partial charge in [-0.3, -0.25) is 19.4 Å². The molecule has 0 heterocycles. The van der Waals surface area contributed by atoms with Crippen LogP contribution in [0, 0.1) is 0 Å². The van der Waals surface area contributed by atoms with Crippen LogP contribution in [-0.2, 0) is 19.2 Å². The van der Waals surface area contributed by atoms with Crippen LogP contribution in [0.15, 0.2) is 4.99 Å². The summed E-state index contributed by atoms with van der Waals surface area (Å²) in [4.78, 5) is 51.0. The fourth-order valence-corrected chi connectivity index (χ4v) is 2.13. The van der Waals surface area contributed by atoms with E-state index >= 15 is 0 Å². The Balaban J connectivity index is 5.27. The van der Waals surface area contributed by atoms with Gasteiger partial charge in [0, 0.05) is 6.54 Å². The number of carbonyl (C=O) groups excluding carboxylic acids is 3. The first-order chi connectivity index (χ1) is 13.5. The normalized spacial score (nSPS) is 14.6. The Bertz CT molecular complexity index is 608. The highest BCUT2D eigenvalue weighted by molar-refractivity contribution is 5.93. The number of hydrogen-bond donors (Lipinski definition) is 9. The van der Waals surface area contributed by atoms with Crippen molar-refractivity contribution in [3.8, 4) is 0 Å². The molecule has 0 aromatic heterocycles. The summed E-state index contributed by atoms with van der Waals surface area (Å²) in [5, 5.41) is 34.5. The molecule has 4 atom stereocenters. The van der Waals surface area contributed by atoms with Gasteiger partial charge in [0.2, 0.25) is 17.7 Å². The van der Waals surface area contributed by atoms with Crippen molar-refractivity contribution in [2.24, 2.45) is 22.2 Å². The molecular weight excluding hydrogens is 390 g/mol. The molecule has 0 saturated heterocycles. The third-order valence-corrected chi connectivity index (χ3v) is 3.64. The average Bonchev–Trinajstić information content (AvgIpc) is 2.64. The molecule has 0 bridgehead atoms. The number of nitrogens with two attached hydrogens (primary N) is 3.